The van der Waals surface area contributed by atoms with Gasteiger partial charge in [-0.1, -0.05) is 23.7 Å². The molecule has 1 aromatic carbocycles. The molecular weight excluding hydrogens is 454 g/mol. The number of Topliss-reactive ketones (excluding diaryl/α,β-unsaturated/α-hetero) is 1. The van der Waals surface area contributed by atoms with Crippen LogP contribution in [-0.2, 0) is 4.79 Å². The van der Waals surface area contributed by atoms with Gasteiger partial charge >= 0.3 is 6.09 Å². The zero-order chi connectivity index (χ0) is 24.3. The second-order valence-electron chi connectivity index (χ2n) is 8.83. The van der Waals surface area contributed by atoms with Crippen molar-refractivity contribution < 1.29 is 14.7 Å². The van der Waals surface area contributed by atoms with Gasteiger partial charge in [0.05, 0.1) is 11.6 Å². The van der Waals surface area contributed by atoms with Crippen LogP contribution >= 0.6 is 11.6 Å². The van der Waals surface area contributed by atoms with Crippen LogP contribution in [0.5, 0.6) is 0 Å². The molecule has 9 heteroatoms. The Morgan fingerprint density at radius 2 is 2.00 bits per heavy atom. The van der Waals surface area contributed by atoms with E-state index < -0.39 is 11.6 Å². The van der Waals surface area contributed by atoms with Gasteiger partial charge in [-0.3, -0.25) is 9.69 Å². The summed E-state index contributed by atoms with van der Waals surface area (Å²) in [5.74, 6) is 0.126. The van der Waals surface area contributed by atoms with Crippen LogP contribution in [-0.4, -0.2) is 65.1 Å². The Morgan fingerprint density at radius 3 is 2.62 bits per heavy atom. The Hall–Kier alpha value is -3.15. The van der Waals surface area contributed by atoms with E-state index >= 15 is 0 Å². The van der Waals surface area contributed by atoms with Gasteiger partial charge in [-0.2, -0.15) is 5.26 Å². The molecule has 0 saturated carbocycles. The summed E-state index contributed by atoms with van der Waals surface area (Å²) < 4.78 is 0. The van der Waals surface area contributed by atoms with Crippen LogP contribution in [0.3, 0.4) is 0 Å². The molecule has 0 spiro atoms. The molecule has 1 aromatic heterocycles. The van der Waals surface area contributed by atoms with Crippen LogP contribution in [0, 0.1) is 17.2 Å². The minimum Gasteiger partial charge on any atom is -0.465 e. The Balaban J connectivity index is 1.61. The van der Waals surface area contributed by atoms with E-state index in [1.165, 1.54) is 4.90 Å². The van der Waals surface area contributed by atoms with E-state index in [1.807, 2.05) is 12.1 Å². The zero-order valence-corrected chi connectivity index (χ0v) is 19.8. The van der Waals surface area contributed by atoms with E-state index in [4.69, 9.17) is 11.6 Å². The lowest BCUT2D eigenvalue weighted by Crippen LogP contribution is -2.63. The van der Waals surface area contributed by atoms with Crippen molar-refractivity contribution in [2.45, 2.75) is 31.2 Å². The first-order valence-electron chi connectivity index (χ1n) is 11.5. The lowest BCUT2D eigenvalue weighted by atomic mass is 9.71. The number of carbonyl (C=O) groups excluding carboxylic acids is 1. The predicted octanol–water partition coefficient (Wildman–Crippen LogP) is 3.52. The standard InChI is InChI=1S/C25H28ClN5O3/c1-2-31(24(33)34)25(16-28-15-21(25)18-3-5-20(26)6-4-18)23(32)19-8-11-30(12-9-19)22-13-17(14-27)7-10-29-22/h3-7,10,13,19,21,28H,2,8-9,11-12,15-16H2,1H3,(H,33,34)/t21-,25+/m1/s1. The first kappa shape index (κ1) is 24.0. The minimum absolute atomic E-state index is 0.0277. The second-order valence-corrected chi connectivity index (χ2v) is 9.26. The summed E-state index contributed by atoms with van der Waals surface area (Å²) in [6.07, 6.45) is 1.73. The van der Waals surface area contributed by atoms with Gasteiger partial charge in [-0.15, -0.1) is 0 Å². The summed E-state index contributed by atoms with van der Waals surface area (Å²) in [4.78, 5) is 34.3. The lowest BCUT2D eigenvalue weighted by molar-refractivity contribution is -0.135. The number of nitrogens with one attached hydrogen (secondary N) is 1. The number of rotatable bonds is 6. The van der Waals surface area contributed by atoms with Crippen LogP contribution in [0.4, 0.5) is 10.6 Å². The van der Waals surface area contributed by atoms with Crippen molar-refractivity contribution in [2.24, 2.45) is 5.92 Å². The molecule has 2 fully saturated rings. The molecule has 0 radical (unpaired) electrons. The summed E-state index contributed by atoms with van der Waals surface area (Å²) in [5.41, 5.74) is 0.266. The smallest absolute Gasteiger partial charge is 0.408 e. The maximum absolute atomic E-state index is 14.2. The van der Waals surface area contributed by atoms with Gasteiger partial charge in [0.15, 0.2) is 5.78 Å². The van der Waals surface area contributed by atoms with Crippen LogP contribution in [0.15, 0.2) is 42.6 Å². The number of hydrogen-bond acceptors (Lipinski definition) is 6. The molecule has 2 saturated heterocycles. The van der Waals surface area contributed by atoms with Crippen molar-refractivity contribution in [1.29, 1.82) is 5.26 Å². The summed E-state index contributed by atoms with van der Waals surface area (Å²) in [6.45, 7) is 4.03. The first-order valence-corrected chi connectivity index (χ1v) is 11.9. The monoisotopic (exact) mass is 481 g/mol. The number of likely N-dealkylation sites (N-methyl/N-ethyl adjacent to an activating group) is 1. The molecular formula is C25H28ClN5O3. The fraction of sp³-hybridized carbons (Fsp3) is 0.440. The molecule has 2 aliphatic rings. The van der Waals surface area contributed by atoms with E-state index in [9.17, 15) is 20.0 Å². The highest BCUT2D eigenvalue weighted by Crippen LogP contribution is 2.41. The Labute approximate surface area is 204 Å². The van der Waals surface area contributed by atoms with Crippen molar-refractivity contribution in [1.82, 2.24) is 15.2 Å². The maximum atomic E-state index is 14.2. The quantitative estimate of drug-likeness (QED) is 0.649. The highest BCUT2D eigenvalue weighted by molar-refractivity contribution is 6.30. The summed E-state index contributed by atoms with van der Waals surface area (Å²) >= 11 is 6.08. The molecule has 4 rings (SSSR count). The predicted molar refractivity (Wildman–Crippen MR) is 129 cm³/mol. The maximum Gasteiger partial charge on any atom is 0.408 e. The number of piperidine rings is 1. The normalized spacial score (nSPS) is 22.9. The van der Waals surface area contributed by atoms with E-state index in [0.29, 0.717) is 43.1 Å². The number of amides is 1. The SMILES string of the molecule is CCN(C(=O)O)[C@@]1(C(=O)C2CCN(c3cc(C#N)ccn3)CC2)CNC[C@@H]1c1ccc(Cl)cc1. The average Bonchev–Trinajstić information content (AvgIpc) is 3.30. The molecule has 178 valence electrons. The molecule has 0 bridgehead atoms. The minimum atomic E-state index is -1.18. The molecule has 34 heavy (non-hydrogen) atoms. The summed E-state index contributed by atoms with van der Waals surface area (Å²) in [7, 11) is 0. The van der Waals surface area contributed by atoms with E-state index in [-0.39, 0.29) is 30.7 Å². The fourth-order valence-electron chi connectivity index (χ4n) is 5.44. The zero-order valence-electron chi connectivity index (χ0n) is 19.1. The third kappa shape index (κ3) is 4.33. The Bertz CT molecular complexity index is 1090. The van der Waals surface area contributed by atoms with Gasteiger partial charge in [0.2, 0.25) is 0 Å². The molecule has 2 aliphatic heterocycles. The van der Waals surface area contributed by atoms with Gasteiger partial charge in [-0.05, 0) is 49.6 Å². The number of halogens is 1. The third-order valence-electron chi connectivity index (χ3n) is 7.11. The number of carbonyl (C=O) groups is 2. The number of pyridine rings is 1. The molecule has 3 heterocycles. The Morgan fingerprint density at radius 1 is 1.29 bits per heavy atom. The van der Waals surface area contributed by atoms with Crippen LogP contribution < -0.4 is 10.2 Å². The fourth-order valence-corrected chi connectivity index (χ4v) is 5.56. The lowest BCUT2D eigenvalue weighted by Gasteiger charge is -2.45. The van der Waals surface area contributed by atoms with Crippen molar-refractivity contribution in [3.8, 4) is 6.07 Å². The van der Waals surface area contributed by atoms with Crippen LogP contribution in [0.25, 0.3) is 0 Å². The number of benzene rings is 1. The number of anilines is 1. The third-order valence-corrected chi connectivity index (χ3v) is 7.36. The largest absolute Gasteiger partial charge is 0.465 e. The molecule has 2 N–H and O–H groups in total. The van der Waals surface area contributed by atoms with Crippen molar-refractivity contribution in [3.63, 3.8) is 0 Å². The number of nitriles is 1. The van der Waals surface area contributed by atoms with Crippen molar-refractivity contribution >= 4 is 29.3 Å². The molecule has 8 nitrogen and oxygen atoms in total. The summed E-state index contributed by atoms with van der Waals surface area (Å²) in [5, 5.41) is 23.1. The average molecular weight is 482 g/mol. The second kappa shape index (κ2) is 10.00. The van der Waals surface area contributed by atoms with Gasteiger partial charge < -0.3 is 15.3 Å². The van der Waals surface area contributed by atoms with E-state index in [1.54, 1.807) is 37.4 Å². The number of nitrogens with zero attached hydrogens (tertiary/aromatic N) is 4. The molecule has 2 atom stereocenters. The highest BCUT2D eigenvalue weighted by Gasteiger charge is 2.56. The van der Waals surface area contributed by atoms with Gasteiger partial charge in [0.25, 0.3) is 0 Å². The summed E-state index contributed by atoms with van der Waals surface area (Å²) in [6, 6.07) is 12.9. The highest BCUT2D eigenvalue weighted by atomic mass is 35.5. The number of carboxylic acid groups (broad SMARTS) is 1. The molecule has 2 aromatic rings. The molecule has 0 aliphatic carbocycles. The van der Waals surface area contributed by atoms with Gasteiger partial charge in [0, 0.05) is 55.8 Å². The number of ketones is 1. The first-order chi connectivity index (χ1) is 16.4. The topological polar surface area (TPSA) is 110 Å². The Kier molecular flexibility index (Phi) is 7.05. The number of aromatic nitrogens is 1. The van der Waals surface area contributed by atoms with Crippen molar-refractivity contribution in [3.05, 3.63) is 58.7 Å². The molecule has 1 amide bonds. The van der Waals surface area contributed by atoms with E-state index in [0.717, 1.165) is 11.4 Å². The van der Waals surface area contributed by atoms with Gasteiger partial charge in [0.1, 0.15) is 11.4 Å². The van der Waals surface area contributed by atoms with Gasteiger partial charge in [-0.25, -0.2) is 9.78 Å². The number of hydrogen-bond donors (Lipinski definition) is 2. The molecule has 0 unspecified atom stereocenters. The van der Waals surface area contributed by atoms with E-state index in [2.05, 4.69) is 21.3 Å². The van der Waals surface area contributed by atoms with Crippen molar-refractivity contribution in [2.75, 3.05) is 37.6 Å². The van der Waals surface area contributed by atoms with Crippen LogP contribution in [0.2, 0.25) is 5.02 Å². The van der Waals surface area contributed by atoms with Crippen LogP contribution in [0.1, 0.15) is 36.8 Å².